The minimum absolute atomic E-state index is 0.00348. The van der Waals surface area contributed by atoms with Crippen LogP contribution in [-0.4, -0.2) is 50.8 Å². The number of rotatable bonds is 4. The van der Waals surface area contributed by atoms with Crippen LogP contribution in [-0.2, 0) is 11.0 Å². The van der Waals surface area contributed by atoms with Crippen LogP contribution in [0.4, 0.5) is 46.6 Å². The van der Waals surface area contributed by atoms with Crippen LogP contribution in [0.15, 0.2) is 35.7 Å². The third-order valence-electron chi connectivity index (χ3n) is 5.43. The second kappa shape index (κ2) is 10.7. The molecule has 8 nitrogen and oxygen atoms in total. The van der Waals surface area contributed by atoms with E-state index in [0.29, 0.717) is 29.7 Å². The average Bonchev–Trinajstić information content (AvgIpc) is 3.43. The zero-order chi connectivity index (χ0) is 28.5. The molecule has 3 aromatic rings. The van der Waals surface area contributed by atoms with E-state index in [4.69, 9.17) is 15.6 Å². The number of nitrogens with two attached hydrogens (primary N) is 1. The summed E-state index contributed by atoms with van der Waals surface area (Å²) in [4.78, 5) is 20.6. The summed E-state index contributed by atoms with van der Waals surface area (Å²) < 4.78 is 99.9. The summed E-state index contributed by atoms with van der Waals surface area (Å²) in [6, 6.07) is 5.26. The lowest BCUT2D eigenvalue weighted by atomic mass is 9.87. The lowest BCUT2D eigenvalue weighted by Crippen LogP contribution is -2.55. The number of amides is 1. The van der Waals surface area contributed by atoms with Crippen molar-refractivity contribution in [3.63, 3.8) is 0 Å². The molecule has 3 aromatic heterocycles. The molecular weight excluding hydrogens is 554 g/mol. The molecule has 1 saturated carbocycles. The van der Waals surface area contributed by atoms with E-state index in [0.717, 1.165) is 0 Å². The third-order valence-corrected chi connectivity index (χ3v) is 6.39. The van der Waals surface area contributed by atoms with Crippen molar-refractivity contribution in [1.82, 2.24) is 9.61 Å². The average molecular weight is 573 g/mol. The van der Waals surface area contributed by atoms with Crippen LogP contribution in [0.25, 0.3) is 5.52 Å². The van der Waals surface area contributed by atoms with Crippen molar-refractivity contribution in [1.29, 1.82) is 0 Å². The minimum Gasteiger partial charge on any atom is -0.475 e. The van der Waals surface area contributed by atoms with Gasteiger partial charge in [-0.25, -0.2) is 18.1 Å². The molecule has 2 atom stereocenters. The fourth-order valence-electron chi connectivity index (χ4n) is 3.60. The number of carboxylic acid groups (broad SMARTS) is 1. The number of carbonyl (C=O) groups is 2. The summed E-state index contributed by atoms with van der Waals surface area (Å²) in [5.74, 6) is -6.31. The molecule has 0 bridgehead atoms. The Morgan fingerprint density at radius 2 is 1.74 bits per heavy atom. The van der Waals surface area contributed by atoms with Crippen molar-refractivity contribution in [2.45, 2.75) is 49.6 Å². The Bertz CT molecular complexity index is 1300. The highest BCUT2D eigenvalue weighted by molar-refractivity contribution is 7.10. The van der Waals surface area contributed by atoms with E-state index in [1.54, 1.807) is 18.2 Å². The molecule has 3 heterocycles. The van der Waals surface area contributed by atoms with Gasteiger partial charge in [0.15, 0.2) is 0 Å². The second-order valence-corrected chi connectivity index (χ2v) is 9.04. The first kappa shape index (κ1) is 29.1. The zero-order valence-electron chi connectivity index (χ0n) is 18.9. The molecule has 1 amide bonds. The monoisotopic (exact) mass is 573 g/mol. The van der Waals surface area contributed by atoms with Crippen molar-refractivity contribution in [3.8, 4) is 0 Å². The Morgan fingerprint density at radius 1 is 1.11 bits per heavy atom. The number of aliphatic carboxylic acids is 1. The first-order valence-electron chi connectivity index (χ1n) is 10.7. The number of carboxylic acids is 1. The van der Waals surface area contributed by atoms with Crippen LogP contribution >= 0.6 is 11.3 Å². The predicted octanol–water partition coefficient (Wildman–Crippen LogP) is 5.23. The molecule has 17 heteroatoms. The summed E-state index contributed by atoms with van der Waals surface area (Å²) in [5.41, 5.74) is 5.86. The van der Waals surface area contributed by atoms with E-state index in [9.17, 15) is 39.9 Å². The van der Waals surface area contributed by atoms with Gasteiger partial charge in [-0.05, 0) is 48.6 Å². The number of aromatic nitrogens is 2. The number of hydrogen-bond donors (Lipinski definition) is 4. The number of nitrogens with one attached hydrogen (secondary N) is 2. The van der Waals surface area contributed by atoms with Crippen LogP contribution in [0.1, 0.15) is 34.6 Å². The molecular formula is C21H19F8N5O3S. The largest absolute Gasteiger partial charge is 0.490 e. The molecule has 0 aliphatic heterocycles. The molecule has 1 aliphatic rings. The number of anilines is 2. The Balaban J connectivity index is 0.000000505. The van der Waals surface area contributed by atoms with Crippen LogP contribution in [0.3, 0.4) is 0 Å². The number of nitrogens with zero attached hydrogens (tertiary/aromatic N) is 2. The van der Waals surface area contributed by atoms with Crippen LogP contribution < -0.4 is 16.4 Å². The van der Waals surface area contributed by atoms with E-state index in [-0.39, 0.29) is 23.6 Å². The SMILES string of the molecule is N[C@@H]1[C@H](Nc2ccc3ccc(C(=O)Nc4ccsc4C(F)(F)F)n3n2)CCCC1(F)F.O=C(O)C(F)(F)F. The molecule has 0 aromatic carbocycles. The fraction of sp³-hybridized carbons (Fsp3) is 0.381. The highest BCUT2D eigenvalue weighted by atomic mass is 32.1. The molecule has 0 unspecified atom stereocenters. The Hall–Kier alpha value is -3.47. The molecule has 0 saturated heterocycles. The molecule has 208 valence electrons. The van der Waals surface area contributed by atoms with Crippen molar-refractivity contribution >= 4 is 40.2 Å². The number of fused-ring (bicyclic) bond motifs is 1. The van der Waals surface area contributed by atoms with Gasteiger partial charge in [0.1, 0.15) is 16.4 Å². The maximum atomic E-state index is 13.9. The molecule has 5 N–H and O–H groups in total. The van der Waals surface area contributed by atoms with Gasteiger partial charge in [-0.2, -0.15) is 26.3 Å². The van der Waals surface area contributed by atoms with Crippen molar-refractivity contribution in [2.24, 2.45) is 5.73 Å². The second-order valence-electron chi connectivity index (χ2n) is 8.12. The molecule has 38 heavy (non-hydrogen) atoms. The van der Waals surface area contributed by atoms with Crippen molar-refractivity contribution in [3.05, 3.63) is 46.3 Å². The first-order chi connectivity index (χ1) is 17.5. The molecule has 0 spiro atoms. The summed E-state index contributed by atoms with van der Waals surface area (Å²) in [7, 11) is 0. The Morgan fingerprint density at radius 3 is 2.34 bits per heavy atom. The van der Waals surface area contributed by atoms with E-state index in [1.807, 2.05) is 0 Å². The topological polar surface area (TPSA) is 122 Å². The van der Waals surface area contributed by atoms with E-state index >= 15 is 0 Å². The molecule has 0 radical (unpaired) electrons. The highest BCUT2D eigenvalue weighted by Gasteiger charge is 2.45. The summed E-state index contributed by atoms with van der Waals surface area (Å²) >= 11 is 0.476. The summed E-state index contributed by atoms with van der Waals surface area (Å²) in [6.45, 7) is 0. The fourth-order valence-corrected chi connectivity index (χ4v) is 4.32. The standard InChI is InChI=1S/C19H18F5N5OS.C2HF3O2/c20-18(21)8-1-2-11(15(18)25)26-14-6-4-10-3-5-13(29(10)28-14)17(30)27-12-7-9-31-16(12)19(22,23)24;3-2(4,5)1(6)7/h3-7,9,11,15H,1-2,8,25H2,(H,26,28)(H,27,30);(H,6,7)/t11-,15-;/m1./s1. The van der Waals surface area contributed by atoms with Crippen LogP contribution in [0, 0.1) is 0 Å². The number of alkyl halides is 8. The van der Waals surface area contributed by atoms with Gasteiger partial charge >= 0.3 is 18.3 Å². The van der Waals surface area contributed by atoms with Gasteiger partial charge in [0.25, 0.3) is 11.8 Å². The third kappa shape index (κ3) is 6.69. The van der Waals surface area contributed by atoms with Gasteiger partial charge in [-0.15, -0.1) is 16.4 Å². The summed E-state index contributed by atoms with van der Waals surface area (Å²) in [6.07, 6.45) is -9.20. The molecule has 1 fully saturated rings. The van der Waals surface area contributed by atoms with Gasteiger partial charge in [0.2, 0.25) is 0 Å². The highest BCUT2D eigenvalue weighted by Crippen LogP contribution is 2.39. The zero-order valence-corrected chi connectivity index (χ0v) is 19.7. The molecule has 4 rings (SSSR count). The van der Waals surface area contributed by atoms with Gasteiger partial charge < -0.3 is 21.5 Å². The lowest BCUT2D eigenvalue weighted by Gasteiger charge is -2.36. The number of hydrogen-bond acceptors (Lipinski definition) is 6. The minimum atomic E-state index is -5.08. The lowest BCUT2D eigenvalue weighted by molar-refractivity contribution is -0.192. The van der Waals surface area contributed by atoms with Crippen molar-refractivity contribution < 1.29 is 49.8 Å². The van der Waals surface area contributed by atoms with Gasteiger partial charge in [-0.1, -0.05) is 0 Å². The quantitative estimate of drug-likeness (QED) is 0.318. The first-order valence-corrected chi connectivity index (χ1v) is 11.5. The van der Waals surface area contributed by atoms with Crippen molar-refractivity contribution in [2.75, 3.05) is 10.6 Å². The number of thiophene rings is 1. The number of carbonyl (C=O) groups excluding carboxylic acids is 1. The van der Waals surface area contributed by atoms with Gasteiger partial charge in [0.05, 0.1) is 17.2 Å². The van der Waals surface area contributed by atoms with Gasteiger partial charge in [0, 0.05) is 12.5 Å². The number of halogens is 8. The van der Waals surface area contributed by atoms with Crippen LogP contribution in [0.2, 0.25) is 0 Å². The van der Waals surface area contributed by atoms with E-state index in [1.165, 1.54) is 22.0 Å². The smallest absolute Gasteiger partial charge is 0.475 e. The predicted molar refractivity (Wildman–Crippen MR) is 120 cm³/mol. The normalized spacial score (nSPS) is 19.4. The Labute approximate surface area is 212 Å². The van der Waals surface area contributed by atoms with E-state index < -0.39 is 47.1 Å². The van der Waals surface area contributed by atoms with Gasteiger partial charge in [-0.3, -0.25) is 4.79 Å². The summed E-state index contributed by atoms with van der Waals surface area (Å²) in [5, 5.41) is 17.8. The molecule has 1 aliphatic carbocycles. The maximum Gasteiger partial charge on any atom is 0.490 e. The van der Waals surface area contributed by atoms with Crippen LogP contribution in [0.5, 0.6) is 0 Å². The Kier molecular flexibility index (Phi) is 8.21. The van der Waals surface area contributed by atoms with E-state index in [2.05, 4.69) is 15.7 Å². The maximum absolute atomic E-state index is 13.9.